The van der Waals surface area contributed by atoms with Gasteiger partial charge in [-0.3, -0.25) is 9.58 Å². The van der Waals surface area contributed by atoms with Gasteiger partial charge in [0.15, 0.2) is 0 Å². The van der Waals surface area contributed by atoms with E-state index in [0.29, 0.717) is 6.04 Å². The van der Waals surface area contributed by atoms with E-state index >= 15 is 0 Å². The lowest BCUT2D eigenvalue weighted by Crippen LogP contribution is -2.44. The fourth-order valence-corrected chi connectivity index (χ4v) is 2.63. The highest BCUT2D eigenvalue weighted by molar-refractivity contribution is 6.30. The van der Waals surface area contributed by atoms with E-state index < -0.39 is 0 Å². The summed E-state index contributed by atoms with van der Waals surface area (Å²) in [5.74, 6) is 0. The van der Waals surface area contributed by atoms with E-state index in [1.807, 2.05) is 14.0 Å². The molecular weight excluding hydrogens is 264 g/mol. The standard InChI is InChI=1S/C13H23ClN4O/c1-10(9-18-4-6-19-7-5-18)15-8-12-11(2)16-17(3)13(12)14/h10,15H,4-9H2,1-3H3. The molecule has 0 aliphatic carbocycles. The minimum atomic E-state index is 0.425. The summed E-state index contributed by atoms with van der Waals surface area (Å²) in [6, 6.07) is 0.425. The maximum atomic E-state index is 6.22. The third kappa shape index (κ3) is 3.92. The van der Waals surface area contributed by atoms with Gasteiger partial charge >= 0.3 is 0 Å². The summed E-state index contributed by atoms with van der Waals surface area (Å²) in [7, 11) is 1.87. The molecular formula is C13H23ClN4O. The van der Waals surface area contributed by atoms with Gasteiger partial charge in [0.2, 0.25) is 0 Å². The SMILES string of the molecule is Cc1nn(C)c(Cl)c1CNC(C)CN1CCOCC1. The van der Waals surface area contributed by atoms with E-state index in [1.54, 1.807) is 4.68 Å². The Balaban J connectivity index is 1.80. The zero-order chi connectivity index (χ0) is 13.8. The number of morpholine rings is 1. The summed E-state index contributed by atoms with van der Waals surface area (Å²) in [6.07, 6.45) is 0. The van der Waals surface area contributed by atoms with Gasteiger partial charge in [-0.25, -0.2) is 0 Å². The molecule has 5 nitrogen and oxygen atoms in total. The van der Waals surface area contributed by atoms with Crippen molar-refractivity contribution in [3.8, 4) is 0 Å². The van der Waals surface area contributed by atoms with Gasteiger partial charge in [0.25, 0.3) is 0 Å². The van der Waals surface area contributed by atoms with Gasteiger partial charge in [0.1, 0.15) is 5.15 Å². The molecule has 1 aliphatic heterocycles. The van der Waals surface area contributed by atoms with Gasteiger partial charge in [-0.2, -0.15) is 5.10 Å². The van der Waals surface area contributed by atoms with Crippen molar-refractivity contribution in [2.24, 2.45) is 7.05 Å². The molecule has 1 atom stereocenters. The molecule has 0 aromatic carbocycles. The van der Waals surface area contributed by atoms with Crippen LogP contribution in [0.25, 0.3) is 0 Å². The molecule has 1 aliphatic rings. The van der Waals surface area contributed by atoms with E-state index in [2.05, 4.69) is 22.2 Å². The molecule has 0 radical (unpaired) electrons. The molecule has 1 saturated heterocycles. The monoisotopic (exact) mass is 286 g/mol. The summed E-state index contributed by atoms with van der Waals surface area (Å²) in [4.78, 5) is 2.43. The van der Waals surface area contributed by atoms with Gasteiger partial charge in [0.05, 0.1) is 18.9 Å². The van der Waals surface area contributed by atoms with Crippen LogP contribution in [0.1, 0.15) is 18.2 Å². The second-order valence-electron chi connectivity index (χ2n) is 5.17. The van der Waals surface area contributed by atoms with Crippen molar-refractivity contribution < 1.29 is 4.74 Å². The first-order valence-electron chi connectivity index (χ1n) is 6.79. The average molecular weight is 287 g/mol. The van der Waals surface area contributed by atoms with E-state index in [4.69, 9.17) is 16.3 Å². The van der Waals surface area contributed by atoms with Gasteiger partial charge in [0, 0.05) is 44.8 Å². The lowest BCUT2D eigenvalue weighted by atomic mass is 10.2. The van der Waals surface area contributed by atoms with Crippen molar-refractivity contribution in [3.63, 3.8) is 0 Å². The lowest BCUT2D eigenvalue weighted by molar-refractivity contribution is 0.0343. The smallest absolute Gasteiger partial charge is 0.131 e. The third-order valence-electron chi connectivity index (χ3n) is 3.53. The zero-order valence-corrected chi connectivity index (χ0v) is 12.7. The molecule has 1 aromatic heterocycles. The molecule has 2 heterocycles. The number of nitrogens with one attached hydrogen (secondary N) is 1. The first-order valence-corrected chi connectivity index (χ1v) is 7.17. The van der Waals surface area contributed by atoms with Crippen molar-refractivity contribution in [2.75, 3.05) is 32.8 Å². The van der Waals surface area contributed by atoms with E-state index in [0.717, 1.165) is 55.8 Å². The van der Waals surface area contributed by atoms with Crippen LogP contribution in [0.3, 0.4) is 0 Å². The van der Waals surface area contributed by atoms with Crippen LogP contribution in [-0.2, 0) is 18.3 Å². The largest absolute Gasteiger partial charge is 0.379 e. The van der Waals surface area contributed by atoms with E-state index in [-0.39, 0.29) is 0 Å². The molecule has 1 N–H and O–H groups in total. The van der Waals surface area contributed by atoms with Crippen LogP contribution < -0.4 is 5.32 Å². The molecule has 0 bridgehead atoms. The van der Waals surface area contributed by atoms with Crippen LogP contribution in [0.2, 0.25) is 5.15 Å². The molecule has 1 fully saturated rings. The number of hydrogen-bond acceptors (Lipinski definition) is 4. The Morgan fingerprint density at radius 1 is 1.42 bits per heavy atom. The highest BCUT2D eigenvalue weighted by Crippen LogP contribution is 2.18. The van der Waals surface area contributed by atoms with Crippen molar-refractivity contribution >= 4 is 11.6 Å². The van der Waals surface area contributed by atoms with Crippen molar-refractivity contribution in [2.45, 2.75) is 26.4 Å². The quantitative estimate of drug-likeness (QED) is 0.883. The van der Waals surface area contributed by atoms with Crippen LogP contribution in [0.15, 0.2) is 0 Å². The molecule has 1 unspecified atom stereocenters. The van der Waals surface area contributed by atoms with Gasteiger partial charge < -0.3 is 10.1 Å². The summed E-state index contributed by atoms with van der Waals surface area (Å²) >= 11 is 6.22. The number of aromatic nitrogens is 2. The van der Waals surface area contributed by atoms with Gasteiger partial charge in [-0.1, -0.05) is 11.6 Å². The maximum Gasteiger partial charge on any atom is 0.131 e. The van der Waals surface area contributed by atoms with Crippen LogP contribution in [0.4, 0.5) is 0 Å². The fourth-order valence-electron chi connectivity index (χ4n) is 2.39. The summed E-state index contributed by atoms with van der Waals surface area (Å²) in [5, 5.41) is 8.57. The maximum absolute atomic E-state index is 6.22. The number of hydrogen-bond donors (Lipinski definition) is 1. The topological polar surface area (TPSA) is 42.3 Å². The molecule has 2 rings (SSSR count). The molecule has 0 saturated carbocycles. The normalized spacial score (nSPS) is 18.7. The number of ether oxygens (including phenoxy) is 1. The van der Waals surface area contributed by atoms with Gasteiger partial charge in [-0.15, -0.1) is 0 Å². The number of halogens is 1. The van der Waals surface area contributed by atoms with Crippen LogP contribution >= 0.6 is 11.6 Å². The fraction of sp³-hybridized carbons (Fsp3) is 0.769. The lowest BCUT2D eigenvalue weighted by Gasteiger charge is -2.29. The Morgan fingerprint density at radius 2 is 2.11 bits per heavy atom. The molecule has 0 spiro atoms. The zero-order valence-electron chi connectivity index (χ0n) is 11.9. The summed E-state index contributed by atoms with van der Waals surface area (Å²) < 4.78 is 7.08. The summed E-state index contributed by atoms with van der Waals surface area (Å²) in [6.45, 7) is 9.76. The second-order valence-corrected chi connectivity index (χ2v) is 5.53. The number of aryl methyl sites for hydroxylation is 2. The first-order chi connectivity index (χ1) is 9.08. The van der Waals surface area contributed by atoms with E-state index in [9.17, 15) is 0 Å². The van der Waals surface area contributed by atoms with Crippen LogP contribution in [0, 0.1) is 6.92 Å². The Hall–Kier alpha value is -0.620. The second kappa shape index (κ2) is 6.70. The minimum absolute atomic E-state index is 0.425. The predicted octanol–water partition coefficient (Wildman–Crippen LogP) is 1.19. The molecule has 19 heavy (non-hydrogen) atoms. The van der Waals surface area contributed by atoms with E-state index in [1.165, 1.54) is 0 Å². The average Bonchev–Trinajstić information content (AvgIpc) is 2.62. The Kier molecular flexibility index (Phi) is 5.21. The third-order valence-corrected chi connectivity index (χ3v) is 4.01. The number of nitrogens with zero attached hydrogens (tertiary/aromatic N) is 3. The molecule has 6 heteroatoms. The Morgan fingerprint density at radius 3 is 2.68 bits per heavy atom. The molecule has 1 aromatic rings. The molecule has 108 valence electrons. The summed E-state index contributed by atoms with van der Waals surface area (Å²) in [5.41, 5.74) is 2.09. The number of rotatable bonds is 5. The van der Waals surface area contributed by atoms with Crippen molar-refractivity contribution in [1.82, 2.24) is 20.0 Å². The van der Waals surface area contributed by atoms with Crippen LogP contribution in [-0.4, -0.2) is 53.6 Å². The minimum Gasteiger partial charge on any atom is -0.379 e. The highest BCUT2D eigenvalue weighted by atomic mass is 35.5. The molecule has 0 amide bonds. The van der Waals surface area contributed by atoms with Crippen LogP contribution in [0.5, 0.6) is 0 Å². The Labute approximate surface area is 119 Å². The van der Waals surface area contributed by atoms with Gasteiger partial charge in [-0.05, 0) is 13.8 Å². The van der Waals surface area contributed by atoms with Crippen molar-refractivity contribution in [3.05, 3.63) is 16.4 Å². The predicted molar refractivity (Wildman–Crippen MR) is 76.5 cm³/mol. The van der Waals surface area contributed by atoms with Crippen molar-refractivity contribution in [1.29, 1.82) is 0 Å². The highest BCUT2D eigenvalue weighted by Gasteiger charge is 2.15. The Bertz CT molecular complexity index is 415. The first kappa shape index (κ1) is 14.8.